The van der Waals surface area contributed by atoms with E-state index in [1.807, 2.05) is 29.1 Å². The highest BCUT2D eigenvalue weighted by molar-refractivity contribution is 5.73. The lowest BCUT2D eigenvalue weighted by Crippen LogP contribution is -2.30. The lowest BCUT2D eigenvalue weighted by molar-refractivity contribution is 0.235. The first-order chi connectivity index (χ1) is 7.19. The van der Waals surface area contributed by atoms with Crippen molar-refractivity contribution in [2.45, 2.75) is 39.2 Å². The topological polar surface area (TPSA) is 30.7 Å². The zero-order valence-corrected chi connectivity index (χ0v) is 9.57. The molecule has 0 unspecified atom stereocenters. The molecule has 0 aliphatic heterocycles. The lowest BCUT2D eigenvalue weighted by atomic mass is 9.97. The van der Waals surface area contributed by atoms with Crippen LogP contribution < -0.4 is 0 Å². The molecule has 0 aliphatic rings. The van der Waals surface area contributed by atoms with Gasteiger partial charge in [0.2, 0.25) is 0 Å². The van der Waals surface area contributed by atoms with Gasteiger partial charge in [0, 0.05) is 0 Å². The van der Waals surface area contributed by atoms with Gasteiger partial charge >= 0.3 is 0 Å². The zero-order chi connectivity index (χ0) is 10.9. The summed E-state index contributed by atoms with van der Waals surface area (Å²) in [5, 5.41) is 9.06. The Morgan fingerprint density at radius 3 is 1.93 bits per heavy atom. The molecule has 0 fully saturated rings. The smallest absolute Gasteiger partial charge is 0.113 e. The molecule has 0 amide bonds. The van der Waals surface area contributed by atoms with Crippen LogP contribution in [-0.4, -0.2) is 15.0 Å². The summed E-state index contributed by atoms with van der Waals surface area (Å²) in [5.41, 5.74) is 2.00. The Bertz CT molecular complexity index is 422. The second kappa shape index (κ2) is 3.65. The molecule has 1 aromatic heterocycles. The molecule has 0 aliphatic carbocycles. The van der Waals surface area contributed by atoms with Crippen molar-refractivity contribution in [1.82, 2.24) is 15.0 Å². The minimum Gasteiger partial charge on any atom is -0.178 e. The highest BCUT2D eigenvalue weighted by atomic mass is 15.5. The van der Waals surface area contributed by atoms with Gasteiger partial charge in [0.1, 0.15) is 11.0 Å². The van der Waals surface area contributed by atoms with Crippen LogP contribution in [0.1, 0.15) is 33.6 Å². The predicted octanol–water partition coefficient (Wildman–Crippen LogP) is 2.97. The fraction of sp³-hybridized carbons (Fsp3) is 0.500. The fourth-order valence-electron chi connectivity index (χ4n) is 1.63. The van der Waals surface area contributed by atoms with Gasteiger partial charge < -0.3 is 0 Å². The Labute approximate surface area is 90.1 Å². The molecular weight excluding hydrogens is 186 g/mol. The largest absolute Gasteiger partial charge is 0.178 e. The van der Waals surface area contributed by atoms with E-state index in [1.165, 1.54) is 0 Å². The summed E-state index contributed by atoms with van der Waals surface area (Å²) in [6, 6.07) is 8.00. The Kier molecular flexibility index (Phi) is 2.47. The van der Waals surface area contributed by atoms with Crippen LogP contribution in [0.5, 0.6) is 0 Å². The number of hydrogen-bond acceptors (Lipinski definition) is 2. The first-order valence-electron chi connectivity index (χ1n) is 5.52. The molecular formula is C12H17N3. The van der Waals surface area contributed by atoms with Gasteiger partial charge in [-0.25, -0.2) is 0 Å². The summed E-state index contributed by atoms with van der Waals surface area (Å²) in [6.07, 6.45) is 2.09. The second-order valence-corrected chi connectivity index (χ2v) is 4.18. The quantitative estimate of drug-likeness (QED) is 0.767. The van der Waals surface area contributed by atoms with Crippen LogP contribution in [0, 0.1) is 0 Å². The molecule has 1 aromatic carbocycles. The van der Waals surface area contributed by atoms with Gasteiger partial charge in [-0.2, -0.15) is 15.0 Å². The molecule has 2 aromatic rings. The molecule has 15 heavy (non-hydrogen) atoms. The molecule has 80 valence electrons. The maximum atomic E-state index is 4.53. The van der Waals surface area contributed by atoms with Crippen molar-refractivity contribution in [1.29, 1.82) is 0 Å². The van der Waals surface area contributed by atoms with Crippen molar-refractivity contribution < 1.29 is 0 Å². The standard InChI is InChI=1S/C12H17N3/c1-4-12(3,5-2)15-13-10-8-6-7-9-11(10)14-15/h6-9H,4-5H2,1-3H3. The van der Waals surface area contributed by atoms with E-state index in [9.17, 15) is 0 Å². The van der Waals surface area contributed by atoms with E-state index in [-0.39, 0.29) is 5.54 Å². The maximum absolute atomic E-state index is 4.53. The summed E-state index contributed by atoms with van der Waals surface area (Å²) < 4.78 is 0. The summed E-state index contributed by atoms with van der Waals surface area (Å²) in [4.78, 5) is 1.87. The normalized spacial score (nSPS) is 12.2. The van der Waals surface area contributed by atoms with E-state index in [2.05, 4.69) is 31.0 Å². The second-order valence-electron chi connectivity index (χ2n) is 4.18. The number of rotatable bonds is 3. The van der Waals surface area contributed by atoms with Crippen LogP contribution in [-0.2, 0) is 5.54 Å². The molecule has 0 N–H and O–H groups in total. The third kappa shape index (κ3) is 1.62. The number of benzene rings is 1. The minimum atomic E-state index is 0.0407. The maximum Gasteiger partial charge on any atom is 0.113 e. The van der Waals surface area contributed by atoms with Crippen LogP contribution in [0.15, 0.2) is 24.3 Å². The minimum absolute atomic E-state index is 0.0407. The Hall–Kier alpha value is -1.38. The Morgan fingerprint density at radius 2 is 1.53 bits per heavy atom. The molecule has 1 heterocycles. The highest BCUT2D eigenvalue weighted by Crippen LogP contribution is 2.23. The molecule has 0 bridgehead atoms. The van der Waals surface area contributed by atoms with Crippen LogP contribution in [0.25, 0.3) is 11.0 Å². The summed E-state index contributed by atoms with van der Waals surface area (Å²) in [5.74, 6) is 0. The van der Waals surface area contributed by atoms with Crippen LogP contribution in [0.2, 0.25) is 0 Å². The third-order valence-electron chi connectivity index (χ3n) is 3.29. The highest BCUT2D eigenvalue weighted by Gasteiger charge is 2.24. The number of aromatic nitrogens is 3. The molecule has 0 spiro atoms. The van der Waals surface area contributed by atoms with Gasteiger partial charge in [0.25, 0.3) is 0 Å². The molecule has 2 rings (SSSR count). The van der Waals surface area contributed by atoms with E-state index in [0.29, 0.717) is 0 Å². The van der Waals surface area contributed by atoms with Crippen molar-refractivity contribution in [3.8, 4) is 0 Å². The summed E-state index contributed by atoms with van der Waals surface area (Å²) >= 11 is 0. The monoisotopic (exact) mass is 203 g/mol. The van der Waals surface area contributed by atoms with Gasteiger partial charge in [-0.05, 0) is 31.9 Å². The van der Waals surface area contributed by atoms with E-state index >= 15 is 0 Å². The molecule has 0 saturated heterocycles. The summed E-state index contributed by atoms with van der Waals surface area (Å²) in [7, 11) is 0. The van der Waals surface area contributed by atoms with Crippen LogP contribution in [0.3, 0.4) is 0 Å². The van der Waals surface area contributed by atoms with E-state index in [1.54, 1.807) is 0 Å². The van der Waals surface area contributed by atoms with Gasteiger partial charge in [-0.1, -0.05) is 26.0 Å². The third-order valence-corrected chi connectivity index (χ3v) is 3.29. The molecule has 0 radical (unpaired) electrons. The predicted molar refractivity (Wildman–Crippen MR) is 61.8 cm³/mol. The van der Waals surface area contributed by atoms with Crippen LogP contribution >= 0.6 is 0 Å². The van der Waals surface area contributed by atoms with Crippen molar-refractivity contribution in [2.24, 2.45) is 0 Å². The van der Waals surface area contributed by atoms with Gasteiger partial charge in [0.05, 0.1) is 5.54 Å². The average Bonchev–Trinajstić information content (AvgIpc) is 2.72. The lowest BCUT2D eigenvalue weighted by Gasteiger charge is -2.25. The van der Waals surface area contributed by atoms with Crippen molar-refractivity contribution in [2.75, 3.05) is 0 Å². The summed E-state index contributed by atoms with van der Waals surface area (Å²) in [6.45, 7) is 6.56. The van der Waals surface area contributed by atoms with E-state index in [0.717, 1.165) is 23.9 Å². The number of nitrogens with zero attached hydrogens (tertiary/aromatic N) is 3. The number of hydrogen-bond donors (Lipinski definition) is 0. The first-order valence-corrected chi connectivity index (χ1v) is 5.52. The van der Waals surface area contributed by atoms with Gasteiger partial charge in [-0.3, -0.25) is 0 Å². The molecule has 0 atom stereocenters. The van der Waals surface area contributed by atoms with E-state index < -0.39 is 0 Å². The van der Waals surface area contributed by atoms with Crippen molar-refractivity contribution in [3.63, 3.8) is 0 Å². The first kappa shape index (κ1) is 10.1. The Balaban J connectivity index is 2.52. The fourth-order valence-corrected chi connectivity index (χ4v) is 1.63. The van der Waals surface area contributed by atoms with E-state index in [4.69, 9.17) is 0 Å². The Morgan fingerprint density at radius 1 is 1.07 bits per heavy atom. The van der Waals surface area contributed by atoms with Crippen molar-refractivity contribution in [3.05, 3.63) is 24.3 Å². The molecule has 0 saturated carbocycles. The zero-order valence-electron chi connectivity index (χ0n) is 9.57. The van der Waals surface area contributed by atoms with Gasteiger partial charge in [-0.15, -0.1) is 0 Å². The molecule has 3 nitrogen and oxygen atoms in total. The SMILES string of the molecule is CCC(C)(CC)n1nc2ccccc2n1. The van der Waals surface area contributed by atoms with Crippen LogP contribution in [0.4, 0.5) is 0 Å². The van der Waals surface area contributed by atoms with Gasteiger partial charge in [0.15, 0.2) is 0 Å². The van der Waals surface area contributed by atoms with Crippen molar-refractivity contribution >= 4 is 11.0 Å². The number of fused-ring (bicyclic) bond motifs is 1. The average molecular weight is 203 g/mol. The molecule has 3 heteroatoms.